The predicted octanol–water partition coefficient (Wildman–Crippen LogP) is -3.18. The van der Waals surface area contributed by atoms with Crippen LogP contribution in [0.15, 0.2) is 23.9 Å². The maximum atomic E-state index is 12.2. The molecule has 3 rings (SSSR count). The molecule has 0 unspecified atom stereocenters. The summed E-state index contributed by atoms with van der Waals surface area (Å²) in [6.45, 7) is 5.37. The van der Waals surface area contributed by atoms with Crippen LogP contribution in [0.25, 0.3) is 0 Å². The SMILES string of the molecule is C=C[C@H]1CCC[C@H]2C1=C(C(=O)[O-])N1C(=O)[C@H]([C@@H](C)O)[C@@H]21.[K+]. The van der Waals surface area contributed by atoms with Crippen molar-refractivity contribution in [1.82, 2.24) is 4.90 Å². The molecule has 1 aliphatic carbocycles. The number of hydrogen-bond donors (Lipinski definition) is 1. The van der Waals surface area contributed by atoms with E-state index in [9.17, 15) is 19.8 Å². The van der Waals surface area contributed by atoms with E-state index in [1.54, 1.807) is 13.0 Å². The monoisotopic (exact) mass is 315 g/mol. The number of β-lactam (4-membered cyclic amide) rings is 1. The summed E-state index contributed by atoms with van der Waals surface area (Å²) in [6.07, 6.45) is 3.71. The summed E-state index contributed by atoms with van der Waals surface area (Å²) in [5.41, 5.74) is 0.819. The number of allylic oxidation sites excluding steroid dienone is 1. The molecule has 6 heteroatoms. The Balaban J connectivity index is 0.00000161. The van der Waals surface area contributed by atoms with Gasteiger partial charge < -0.3 is 19.9 Å². The molecule has 108 valence electrons. The molecule has 0 spiro atoms. The van der Waals surface area contributed by atoms with E-state index in [4.69, 9.17) is 0 Å². The molecule has 1 saturated heterocycles. The minimum atomic E-state index is -1.29. The Morgan fingerprint density at radius 2 is 2.19 bits per heavy atom. The first-order valence-electron chi connectivity index (χ1n) is 7.08. The van der Waals surface area contributed by atoms with Crippen molar-refractivity contribution in [2.75, 3.05) is 0 Å². The van der Waals surface area contributed by atoms with Crippen molar-refractivity contribution < 1.29 is 71.2 Å². The van der Waals surface area contributed by atoms with Crippen LogP contribution in [0.5, 0.6) is 0 Å². The number of carboxylic acids is 1. The molecule has 1 saturated carbocycles. The Morgan fingerprint density at radius 1 is 1.52 bits per heavy atom. The zero-order chi connectivity index (χ0) is 14.6. The predicted molar refractivity (Wildman–Crippen MR) is 68.9 cm³/mol. The molecule has 1 amide bonds. The molecule has 0 radical (unpaired) electrons. The third-order valence-corrected chi connectivity index (χ3v) is 4.94. The molecule has 5 nitrogen and oxygen atoms in total. The van der Waals surface area contributed by atoms with Crippen molar-refractivity contribution in [2.45, 2.75) is 38.3 Å². The largest absolute Gasteiger partial charge is 1.00 e. The van der Waals surface area contributed by atoms with Gasteiger partial charge in [0.25, 0.3) is 0 Å². The Kier molecular flexibility index (Phi) is 5.17. The van der Waals surface area contributed by atoms with Crippen molar-refractivity contribution in [2.24, 2.45) is 17.8 Å². The number of rotatable bonds is 3. The van der Waals surface area contributed by atoms with Crippen molar-refractivity contribution in [1.29, 1.82) is 0 Å². The fourth-order valence-corrected chi connectivity index (χ4v) is 4.16. The van der Waals surface area contributed by atoms with E-state index < -0.39 is 18.0 Å². The van der Waals surface area contributed by atoms with Crippen LogP contribution in [0.2, 0.25) is 0 Å². The van der Waals surface area contributed by atoms with Crippen LogP contribution in [-0.2, 0) is 9.59 Å². The van der Waals surface area contributed by atoms with E-state index in [1.165, 1.54) is 4.90 Å². The van der Waals surface area contributed by atoms with Crippen LogP contribution in [0.1, 0.15) is 26.2 Å². The molecule has 21 heavy (non-hydrogen) atoms. The molecular weight excluding hydrogens is 297 g/mol. The summed E-state index contributed by atoms with van der Waals surface area (Å²) in [7, 11) is 0. The zero-order valence-corrected chi connectivity index (χ0v) is 15.5. The average Bonchev–Trinajstić information content (AvgIpc) is 2.69. The van der Waals surface area contributed by atoms with Gasteiger partial charge in [0.1, 0.15) is 0 Å². The first-order valence-corrected chi connectivity index (χ1v) is 7.08. The summed E-state index contributed by atoms with van der Waals surface area (Å²) in [6, 6.07) is -0.215. The fraction of sp³-hybridized carbons (Fsp3) is 0.600. The Hall–Kier alpha value is 0.0164. The van der Waals surface area contributed by atoms with Crippen LogP contribution in [0.3, 0.4) is 0 Å². The molecule has 0 bridgehead atoms. The van der Waals surface area contributed by atoms with Gasteiger partial charge in [-0.3, -0.25) is 4.79 Å². The molecular formula is C15H18KNO4. The number of nitrogens with zero attached hydrogens (tertiary/aromatic N) is 1. The maximum absolute atomic E-state index is 12.2. The number of carbonyl (C=O) groups is 2. The summed E-state index contributed by atoms with van der Waals surface area (Å²) in [5, 5.41) is 21.2. The quantitative estimate of drug-likeness (QED) is 0.338. The normalized spacial score (nSPS) is 35.3. The van der Waals surface area contributed by atoms with E-state index in [2.05, 4.69) is 6.58 Å². The number of aliphatic hydroxyl groups excluding tert-OH is 1. The number of carbonyl (C=O) groups excluding carboxylic acids is 2. The number of hydrogen-bond acceptors (Lipinski definition) is 4. The molecule has 2 aliphatic heterocycles. The first kappa shape index (κ1) is 17.4. The summed E-state index contributed by atoms with van der Waals surface area (Å²) in [5.74, 6) is -2.06. The second kappa shape index (κ2) is 6.26. The maximum Gasteiger partial charge on any atom is 1.00 e. The van der Waals surface area contributed by atoms with Gasteiger partial charge in [0.15, 0.2) is 0 Å². The van der Waals surface area contributed by atoms with Crippen molar-refractivity contribution in [3.8, 4) is 0 Å². The number of fused-ring (bicyclic) bond motifs is 3. The van der Waals surface area contributed by atoms with Gasteiger partial charge >= 0.3 is 51.4 Å². The van der Waals surface area contributed by atoms with Gasteiger partial charge in [-0.2, -0.15) is 0 Å². The van der Waals surface area contributed by atoms with Crippen LogP contribution in [0, 0.1) is 17.8 Å². The first-order chi connectivity index (χ1) is 9.49. The molecule has 0 aromatic rings. The van der Waals surface area contributed by atoms with E-state index in [-0.39, 0.29) is 80.9 Å². The summed E-state index contributed by atoms with van der Waals surface area (Å²) >= 11 is 0. The van der Waals surface area contributed by atoms with E-state index in [0.29, 0.717) is 0 Å². The average molecular weight is 315 g/mol. The van der Waals surface area contributed by atoms with Crippen molar-refractivity contribution in [3.63, 3.8) is 0 Å². The van der Waals surface area contributed by atoms with E-state index >= 15 is 0 Å². The smallest absolute Gasteiger partial charge is 0.543 e. The van der Waals surface area contributed by atoms with Gasteiger partial charge in [-0.25, -0.2) is 0 Å². The van der Waals surface area contributed by atoms with Crippen LogP contribution < -0.4 is 56.5 Å². The molecule has 2 heterocycles. The number of amides is 1. The number of aliphatic carboxylic acids is 1. The summed E-state index contributed by atoms with van der Waals surface area (Å²) < 4.78 is 0. The fourth-order valence-electron chi connectivity index (χ4n) is 4.16. The van der Waals surface area contributed by atoms with Crippen LogP contribution >= 0.6 is 0 Å². The molecule has 2 fully saturated rings. The molecule has 0 aromatic carbocycles. The molecule has 5 atom stereocenters. The van der Waals surface area contributed by atoms with Gasteiger partial charge in [-0.15, -0.1) is 6.58 Å². The van der Waals surface area contributed by atoms with Crippen molar-refractivity contribution in [3.05, 3.63) is 23.9 Å². The summed E-state index contributed by atoms with van der Waals surface area (Å²) in [4.78, 5) is 25.0. The molecule has 0 aromatic heterocycles. The van der Waals surface area contributed by atoms with Gasteiger partial charge in [0.05, 0.1) is 29.7 Å². The van der Waals surface area contributed by atoms with E-state index in [0.717, 1.165) is 24.8 Å². The van der Waals surface area contributed by atoms with Crippen LogP contribution in [-0.4, -0.2) is 34.0 Å². The Labute approximate surface area is 166 Å². The van der Waals surface area contributed by atoms with Gasteiger partial charge in [-0.1, -0.05) is 12.5 Å². The minimum absolute atomic E-state index is 0. The van der Waals surface area contributed by atoms with Gasteiger partial charge in [-0.05, 0) is 25.3 Å². The Bertz CT molecular complexity index is 528. The second-order valence-corrected chi connectivity index (χ2v) is 5.94. The minimum Gasteiger partial charge on any atom is -0.543 e. The second-order valence-electron chi connectivity index (χ2n) is 5.94. The number of aliphatic hydroxyl groups is 1. The third kappa shape index (κ3) is 2.40. The Morgan fingerprint density at radius 3 is 2.71 bits per heavy atom. The van der Waals surface area contributed by atoms with E-state index in [1.807, 2.05) is 0 Å². The van der Waals surface area contributed by atoms with Gasteiger partial charge in [0.2, 0.25) is 5.91 Å². The topological polar surface area (TPSA) is 80.7 Å². The molecule has 3 aliphatic rings. The number of carboxylic acid groups (broad SMARTS) is 1. The standard InChI is InChI=1S/C15H19NO4.K/c1-3-8-5-4-6-9-11(8)13(15(19)20)16-12(9)10(7(2)17)14(16)18;/h3,7-10,12,17H,1,4-6H2,2H3,(H,19,20);/q;+1/p-1/t7-,8+,9+,10-,12-;/m1./s1. The zero-order valence-electron chi connectivity index (χ0n) is 12.4. The van der Waals surface area contributed by atoms with Crippen LogP contribution in [0.4, 0.5) is 0 Å². The third-order valence-electron chi connectivity index (χ3n) is 4.94. The van der Waals surface area contributed by atoms with Gasteiger partial charge in [0, 0.05) is 11.8 Å². The van der Waals surface area contributed by atoms with Crippen molar-refractivity contribution >= 4 is 11.9 Å². The molecule has 1 N–H and O–H groups in total.